The summed E-state index contributed by atoms with van der Waals surface area (Å²) in [7, 11) is 0. The van der Waals surface area contributed by atoms with Crippen molar-refractivity contribution in [2.45, 2.75) is 13.0 Å². The van der Waals surface area contributed by atoms with Crippen molar-refractivity contribution < 1.29 is 9.53 Å². The lowest BCUT2D eigenvalue weighted by molar-refractivity contribution is -0.138. The number of piperazine rings is 1. The van der Waals surface area contributed by atoms with Gasteiger partial charge in [0.1, 0.15) is 6.61 Å². The molecule has 0 unspecified atom stereocenters. The van der Waals surface area contributed by atoms with Crippen LogP contribution in [0.1, 0.15) is 24.1 Å². The van der Waals surface area contributed by atoms with Gasteiger partial charge >= 0.3 is 5.97 Å². The average molecular weight is 380 g/mol. The second-order valence-corrected chi connectivity index (χ2v) is 7.16. The van der Waals surface area contributed by atoms with E-state index in [1.165, 1.54) is 17.2 Å². The third-order valence-electron chi connectivity index (χ3n) is 5.00. The van der Waals surface area contributed by atoms with Crippen LogP contribution in [0.3, 0.4) is 0 Å². The van der Waals surface area contributed by atoms with Crippen LogP contribution in [0.2, 0.25) is 0 Å². The summed E-state index contributed by atoms with van der Waals surface area (Å²) in [6, 6.07) is 21.6. The van der Waals surface area contributed by atoms with Crippen LogP contribution < -0.4 is 5.73 Å². The number of benzene rings is 2. The fraction of sp³-hybridized carbons (Fsp3) is 0.348. The predicted octanol–water partition coefficient (Wildman–Crippen LogP) is 2.80. The lowest BCUT2D eigenvalue weighted by Crippen LogP contribution is -2.48. The van der Waals surface area contributed by atoms with Gasteiger partial charge in [-0.2, -0.15) is 0 Å². The van der Waals surface area contributed by atoms with E-state index in [1.807, 2.05) is 0 Å². The molecule has 148 valence electrons. The Balaban J connectivity index is 1.57. The van der Waals surface area contributed by atoms with Crippen molar-refractivity contribution in [1.82, 2.24) is 9.80 Å². The average Bonchev–Trinajstić information content (AvgIpc) is 2.70. The molecule has 5 heteroatoms. The molecule has 1 heterocycles. The van der Waals surface area contributed by atoms with E-state index in [4.69, 9.17) is 10.5 Å². The first-order valence-corrected chi connectivity index (χ1v) is 9.80. The molecule has 0 atom stereocenters. The lowest BCUT2D eigenvalue weighted by Gasteiger charge is -2.39. The van der Waals surface area contributed by atoms with Crippen LogP contribution in [0, 0.1) is 0 Å². The Kier molecular flexibility index (Phi) is 7.23. The Morgan fingerprint density at radius 1 is 1.00 bits per heavy atom. The molecule has 1 aliphatic heterocycles. The van der Waals surface area contributed by atoms with E-state index >= 15 is 0 Å². The van der Waals surface area contributed by atoms with E-state index in [0.29, 0.717) is 12.3 Å². The van der Waals surface area contributed by atoms with Crippen molar-refractivity contribution >= 4 is 5.97 Å². The van der Waals surface area contributed by atoms with E-state index in [0.717, 1.165) is 32.7 Å². The quantitative estimate of drug-likeness (QED) is 0.592. The fourth-order valence-electron chi connectivity index (χ4n) is 3.63. The lowest BCUT2D eigenvalue weighted by atomic mass is 9.96. The van der Waals surface area contributed by atoms with Crippen LogP contribution in [-0.2, 0) is 9.53 Å². The summed E-state index contributed by atoms with van der Waals surface area (Å²) in [4.78, 5) is 16.4. The van der Waals surface area contributed by atoms with E-state index in [-0.39, 0.29) is 12.0 Å². The Labute approximate surface area is 167 Å². The number of nitrogens with zero attached hydrogens (tertiary/aromatic N) is 2. The maximum absolute atomic E-state index is 11.5. The highest BCUT2D eigenvalue weighted by Crippen LogP contribution is 2.29. The molecule has 0 bridgehead atoms. The summed E-state index contributed by atoms with van der Waals surface area (Å²) in [5.41, 5.74) is 8.59. The second-order valence-electron chi connectivity index (χ2n) is 7.16. The van der Waals surface area contributed by atoms with Crippen molar-refractivity contribution in [3.8, 4) is 0 Å². The van der Waals surface area contributed by atoms with Crippen LogP contribution >= 0.6 is 0 Å². The molecule has 5 nitrogen and oxygen atoms in total. The molecule has 0 aromatic heterocycles. The van der Waals surface area contributed by atoms with Crippen LogP contribution in [-0.4, -0.2) is 55.1 Å². The van der Waals surface area contributed by atoms with Gasteiger partial charge in [0.15, 0.2) is 0 Å². The normalized spacial score (nSPS) is 16.3. The first-order valence-electron chi connectivity index (χ1n) is 9.80. The molecule has 0 radical (unpaired) electrons. The van der Waals surface area contributed by atoms with Gasteiger partial charge in [-0.1, -0.05) is 60.7 Å². The summed E-state index contributed by atoms with van der Waals surface area (Å²) in [6.45, 7) is 6.69. The van der Waals surface area contributed by atoms with Gasteiger partial charge in [0.05, 0.1) is 6.04 Å². The second kappa shape index (κ2) is 10.1. The third-order valence-corrected chi connectivity index (χ3v) is 5.00. The van der Waals surface area contributed by atoms with Gasteiger partial charge in [0.25, 0.3) is 0 Å². The minimum Gasteiger partial charge on any atom is -0.461 e. The largest absolute Gasteiger partial charge is 0.461 e. The Bertz CT molecular complexity index is 725. The zero-order chi connectivity index (χ0) is 19.8. The molecule has 1 fully saturated rings. The van der Waals surface area contributed by atoms with Gasteiger partial charge in [-0.05, 0) is 18.1 Å². The number of hydrogen-bond acceptors (Lipinski definition) is 5. The first-order chi connectivity index (χ1) is 13.6. The van der Waals surface area contributed by atoms with Gasteiger partial charge in [-0.3, -0.25) is 9.80 Å². The van der Waals surface area contributed by atoms with Gasteiger partial charge in [-0.25, -0.2) is 4.79 Å². The standard InChI is InChI=1S/C23H29N3O2/c1-19(24)18-22(27)28-17-16-25-12-14-26(15-13-25)23(20-8-4-2-5-9-20)21-10-6-3-7-11-21/h2-11,18,23H,12-17,24H2,1H3/b19-18+. The smallest absolute Gasteiger partial charge is 0.332 e. The topological polar surface area (TPSA) is 58.8 Å². The number of allylic oxidation sites excluding steroid dienone is 1. The molecule has 2 aromatic carbocycles. The third kappa shape index (κ3) is 5.68. The molecule has 28 heavy (non-hydrogen) atoms. The molecule has 2 N–H and O–H groups in total. The van der Waals surface area contributed by atoms with Crippen LogP contribution in [0.15, 0.2) is 72.4 Å². The first kappa shape index (κ1) is 20.1. The number of nitrogens with two attached hydrogens (primary N) is 1. The molecule has 0 amide bonds. The molecule has 1 saturated heterocycles. The number of carbonyl (C=O) groups is 1. The summed E-state index contributed by atoms with van der Waals surface area (Å²) in [6.07, 6.45) is 1.32. The minimum absolute atomic E-state index is 0.264. The van der Waals surface area contributed by atoms with E-state index in [9.17, 15) is 4.79 Å². The molecule has 0 spiro atoms. The van der Waals surface area contributed by atoms with Gasteiger partial charge in [0.2, 0.25) is 0 Å². The number of carbonyl (C=O) groups excluding carboxylic acids is 1. The highest BCUT2D eigenvalue weighted by atomic mass is 16.5. The van der Waals surface area contributed by atoms with E-state index in [1.54, 1.807) is 6.92 Å². The van der Waals surface area contributed by atoms with Crippen molar-refractivity contribution in [2.75, 3.05) is 39.3 Å². The number of ether oxygens (including phenoxy) is 1. The highest BCUT2D eigenvalue weighted by molar-refractivity contribution is 5.82. The number of esters is 1. The summed E-state index contributed by atoms with van der Waals surface area (Å²) >= 11 is 0. The zero-order valence-electron chi connectivity index (χ0n) is 16.5. The summed E-state index contributed by atoms with van der Waals surface area (Å²) < 4.78 is 5.22. The monoisotopic (exact) mass is 379 g/mol. The van der Waals surface area contributed by atoms with Gasteiger partial charge in [-0.15, -0.1) is 0 Å². The Hall–Kier alpha value is -2.63. The van der Waals surface area contributed by atoms with E-state index in [2.05, 4.69) is 70.5 Å². The highest BCUT2D eigenvalue weighted by Gasteiger charge is 2.26. The predicted molar refractivity (Wildman–Crippen MR) is 112 cm³/mol. The van der Waals surface area contributed by atoms with Crippen molar-refractivity contribution in [1.29, 1.82) is 0 Å². The van der Waals surface area contributed by atoms with E-state index < -0.39 is 0 Å². The molecule has 0 saturated carbocycles. The number of hydrogen-bond donors (Lipinski definition) is 1. The Morgan fingerprint density at radius 2 is 1.54 bits per heavy atom. The van der Waals surface area contributed by atoms with Crippen molar-refractivity contribution in [2.24, 2.45) is 5.73 Å². The maximum Gasteiger partial charge on any atom is 0.332 e. The SMILES string of the molecule is C/C(N)=C\C(=O)OCCN1CCN(C(c2ccccc2)c2ccccc2)CC1. The van der Waals surface area contributed by atoms with Gasteiger partial charge < -0.3 is 10.5 Å². The zero-order valence-corrected chi connectivity index (χ0v) is 16.5. The fourth-order valence-corrected chi connectivity index (χ4v) is 3.63. The Morgan fingerprint density at radius 3 is 2.04 bits per heavy atom. The van der Waals surface area contributed by atoms with Gasteiger partial charge in [0, 0.05) is 44.5 Å². The molecule has 3 rings (SSSR count). The van der Waals surface area contributed by atoms with Crippen LogP contribution in [0.25, 0.3) is 0 Å². The summed E-state index contributed by atoms with van der Waals surface area (Å²) in [5.74, 6) is -0.369. The maximum atomic E-state index is 11.5. The van der Waals surface area contributed by atoms with Crippen molar-refractivity contribution in [3.63, 3.8) is 0 Å². The summed E-state index contributed by atoms with van der Waals surface area (Å²) in [5, 5.41) is 0. The molecule has 0 aliphatic carbocycles. The molecule has 2 aromatic rings. The number of rotatable bonds is 7. The molecular weight excluding hydrogens is 350 g/mol. The minimum atomic E-state index is -0.369. The van der Waals surface area contributed by atoms with Crippen LogP contribution in [0.5, 0.6) is 0 Å². The molecular formula is C23H29N3O2. The molecule has 1 aliphatic rings. The van der Waals surface area contributed by atoms with Crippen molar-refractivity contribution in [3.05, 3.63) is 83.6 Å². The van der Waals surface area contributed by atoms with Crippen LogP contribution in [0.4, 0.5) is 0 Å².